The molecule has 1 aliphatic heterocycles. The van der Waals surface area contributed by atoms with Gasteiger partial charge in [-0.3, -0.25) is 9.05 Å². The molecule has 0 radical (unpaired) electrons. The van der Waals surface area contributed by atoms with E-state index < -0.39 is 7.82 Å². The molecule has 9 heteroatoms. The van der Waals surface area contributed by atoms with E-state index >= 15 is 0 Å². The molecule has 0 saturated carbocycles. The Morgan fingerprint density at radius 3 is 2.17 bits per heavy atom. The Hall–Kier alpha value is -0.0500. The van der Waals surface area contributed by atoms with Crippen LogP contribution >= 0.6 is 7.82 Å². The smallest absolute Gasteiger partial charge is 0.285 e. The van der Waals surface area contributed by atoms with Crippen LogP contribution in [-0.4, -0.2) is 19.8 Å². The van der Waals surface area contributed by atoms with Crippen molar-refractivity contribution >= 4 is 7.82 Å². The molecule has 1 aliphatic rings. The van der Waals surface area contributed by atoms with Crippen molar-refractivity contribution in [3.8, 4) is 0 Å². The van der Waals surface area contributed by atoms with Gasteiger partial charge in [0.25, 0.3) is 0 Å². The van der Waals surface area contributed by atoms with Gasteiger partial charge in [-0.15, -0.1) is 0 Å². The molecule has 0 amide bonds. The number of hydrogen-bond acceptors (Lipinski definition) is 8. The average molecular weight is 356 g/mol. The third-order valence-electron chi connectivity index (χ3n) is 3.39. The SMILES string of the molecule is CCCCCCCCCCCCOP1(=O)OCCOOOOO1. The molecule has 8 nitrogen and oxygen atoms in total. The number of hydrogen-bond donors (Lipinski definition) is 0. The highest BCUT2D eigenvalue weighted by atomic mass is 31.2. The minimum absolute atomic E-state index is 0.0122. The third kappa shape index (κ3) is 12.0. The second-order valence-electron chi connectivity index (χ2n) is 5.40. The summed E-state index contributed by atoms with van der Waals surface area (Å²) in [5.41, 5.74) is 0. The summed E-state index contributed by atoms with van der Waals surface area (Å²) < 4.78 is 26.5. The summed E-state index contributed by atoms with van der Waals surface area (Å²) in [7, 11) is -3.80. The van der Waals surface area contributed by atoms with Crippen molar-refractivity contribution < 1.29 is 38.3 Å². The third-order valence-corrected chi connectivity index (χ3v) is 4.63. The molecule has 0 bridgehead atoms. The molecule has 0 aromatic heterocycles. The minimum atomic E-state index is -3.80. The number of unbranched alkanes of at least 4 members (excludes halogenated alkanes) is 9. The summed E-state index contributed by atoms with van der Waals surface area (Å²) in [5, 5.41) is 12.1. The standard InChI is InChI=1S/C14H29O8P/c1-2-3-4-5-6-7-8-9-10-11-12-17-23(15)18-14-13-16-19-20-21-22-23/h2-14H2,1H3. The predicted octanol–water partition coefficient (Wildman–Crippen LogP) is 4.81. The van der Waals surface area contributed by atoms with Crippen LogP contribution in [0.1, 0.15) is 71.1 Å². The average Bonchev–Trinajstić information content (AvgIpc) is 2.65. The summed E-state index contributed by atoms with van der Waals surface area (Å²) in [6, 6.07) is 0. The number of phosphoric ester groups is 1. The molecule has 138 valence electrons. The Labute approximate surface area is 138 Å². The first-order valence-electron chi connectivity index (χ1n) is 8.47. The van der Waals surface area contributed by atoms with Crippen molar-refractivity contribution in [1.29, 1.82) is 0 Å². The van der Waals surface area contributed by atoms with E-state index in [0.717, 1.165) is 19.3 Å². The fourth-order valence-corrected chi connectivity index (χ4v) is 3.05. The van der Waals surface area contributed by atoms with Gasteiger partial charge in [-0.05, 0) is 21.5 Å². The largest absolute Gasteiger partial charge is 0.504 e. The quantitative estimate of drug-likeness (QED) is 0.280. The molecule has 1 unspecified atom stereocenters. The molecule has 1 atom stereocenters. The maximum Gasteiger partial charge on any atom is 0.504 e. The van der Waals surface area contributed by atoms with Gasteiger partial charge in [0, 0.05) is 0 Å². The molecular formula is C14H29O8P. The van der Waals surface area contributed by atoms with E-state index in [0.29, 0.717) is 0 Å². The summed E-state index contributed by atoms with van der Waals surface area (Å²) in [5.74, 6) is 0. The van der Waals surface area contributed by atoms with E-state index in [2.05, 4.69) is 31.6 Å². The molecule has 1 rings (SSSR count). The van der Waals surface area contributed by atoms with Gasteiger partial charge in [0.1, 0.15) is 6.61 Å². The number of phosphoric acid groups is 1. The Morgan fingerprint density at radius 1 is 0.826 bits per heavy atom. The molecule has 1 fully saturated rings. The zero-order valence-electron chi connectivity index (χ0n) is 13.9. The topological polar surface area (TPSA) is 81.7 Å². The minimum Gasteiger partial charge on any atom is -0.285 e. The lowest BCUT2D eigenvalue weighted by atomic mass is 10.1. The molecule has 0 aromatic carbocycles. The Balaban J connectivity index is 1.95. The number of rotatable bonds is 12. The molecule has 0 spiro atoms. The van der Waals surface area contributed by atoms with E-state index in [9.17, 15) is 4.57 Å². The van der Waals surface area contributed by atoms with Crippen LogP contribution in [0, 0.1) is 0 Å². The Bertz CT molecular complexity index is 301. The van der Waals surface area contributed by atoms with Gasteiger partial charge in [-0.2, -0.15) is 0 Å². The van der Waals surface area contributed by atoms with Crippen molar-refractivity contribution in [2.75, 3.05) is 19.8 Å². The van der Waals surface area contributed by atoms with Crippen LogP contribution in [0.2, 0.25) is 0 Å². The first-order valence-corrected chi connectivity index (χ1v) is 9.93. The zero-order valence-corrected chi connectivity index (χ0v) is 14.8. The van der Waals surface area contributed by atoms with E-state index in [1.54, 1.807) is 0 Å². The maximum absolute atomic E-state index is 12.0. The Kier molecular flexibility index (Phi) is 13.1. The van der Waals surface area contributed by atoms with Gasteiger partial charge in [0.05, 0.1) is 13.2 Å². The fraction of sp³-hybridized carbons (Fsp3) is 1.00. The van der Waals surface area contributed by atoms with E-state index in [1.807, 2.05) is 0 Å². The molecule has 1 saturated heterocycles. The van der Waals surface area contributed by atoms with Crippen molar-refractivity contribution in [2.45, 2.75) is 71.1 Å². The summed E-state index contributed by atoms with van der Waals surface area (Å²) >= 11 is 0. The fourth-order valence-electron chi connectivity index (χ4n) is 2.14. The monoisotopic (exact) mass is 356 g/mol. The molecule has 0 aromatic rings. The van der Waals surface area contributed by atoms with Crippen molar-refractivity contribution in [3.05, 3.63) is 0 Å². The van der Waals surface area contributed by atoms with Gasteiger partial charge in [-0.25, -0.2) is 9.45 Å². The Morgan fingerprint density at radius 2 is 1.48 bits per heavy atom. The second kappa shape index (κ2) is 14.3. The molecule has 0 N–H and O–H groups in total. The summed E-state index contributed by atoms with van der Waals surface area (Å²) in [6.45, 7) is 2.48. The van der Waals surface area contributed by atoms with Gasteiger partial charge in [0.2, 0.25) is 0 Å². The normalized spacial score (nSPS) is 23.2. The van der Waals surface area contributed by atoms with Crippen LogP contribution in [-0.2, 0) is 38.3 Å². The van der Waals surface area contributed by atoms with Gasteiger partial charge in [0.15, 0.2) is 0 Å². The first-order chi connectivity index (χ1) is 11.3. The van der Waals surface area contributed by atoms with Crippen LogP contribution in [0.4, 0.5) is 0 Å². The summed E-state index contributed by atoms with van der Waals surface area (Å²) in [4.78, 5) is 4.43. The van der Waals surface area contributed by atoms with Crippen molar-refractivity contribution in [2.24, 2.45) is 0 Å². The van der Waals surface area contributed by atoms with Gasteiger partial charge in [-0.1, -0.05) is 69.4 Å². The second-order valence-corrected chi connectivity index (χ2v) is 6.96. The molecule has 0 aliphatic carbocycles. The molecule has 1 heterocycles. The van der Waals surface area contributed by atoms with Crippen LogP contribution in [0.5, 0.6) is 0 Å². The zero-order chi connectivity index (χ0) is 16.6. The van der Waals surface area contributed by atoms with Crippen molar-refractivity contribution in [3.63, 3.8) is 0 Å². The first kappa shape index (κ1) is 21.0. The lowest BCUT2D eigenvalue weighted by Crippen LogP contribution is -2.04. The lowest BCUT2D eigenvalue weighted by molar-refractivity contribution is -0.691. The van der Waals surface area contributed by atoms with Crippen LogP contribution in [0.3, 0.4) is 0 Å². The van der Waals surface area contributed by atoms with Gasteiger partial charge >= 0.3 is 7.82 Å². The van der Waals surface area contributed by atoms with Crippen LogP contribution < -0.4 is 0 Å². The highest BCUT2D eigenvalue weighted by molar-refractivity contribution is 7.48. The van der Waals surface area contributed by atoms with Crippen molar-refractivity contribution in [1.82, 2.24) is 0 Å². The predicted molar refractivity (Wildman–Crippen MR) is 81.6 cm³/mol. The maximum atomic E-state index is 12.0. The molecule has 23 heavy (non-hydrogen) atoms. The van der Waals surface area contributed by atoms with Crippen LogP contribution in [0.15, 0.2) is 0 Å². The lowest BCUT2D eigenvalue weighted by Gasteiger charge is -2.13. The highest BCUT2D eigenvalue weighted by Crippen LogP contribution is 2.50. The van der Waals surface area contributed by atoms with Crippen LogP contribution in [0.25, 0.3) is 0 Å². The molecular weight excluding hydrogens is 327 g/mol. The van der Waals surface area contributed by atoms with E-state index in [4.69, 9.17) is 9.05 Å². The van der Waals surface area contributed by atoms with Gasteiger partial charge < -0.3 is 0 Å². The highest BCUT2D eigenvalue weighted by Gasteiger charge is 2.30. The van der Waals surface area contributed by atoms with E-state index in [-0.39, 0.29) is 19.8 Å². The van der Waals surface area contributed by atoms with E-state index in [1.165, 1.54) is 44.9 Å². The summed E-state index contributed by atoms with van der Waals surface area (Å²) in [6.07, 6.45) is 12.1.